The van der Waals surface area contributed by atoms with Crippen LogP contribution in [0.25, 0.3) is 0 Å². The normalized spacial score (nSPS) is 12.6. The number of hydrogen-bond donors (Lipinski definition) is 1. The number of aromatic nitrogens is 1. The number of oxazole rings is 1. The van der Waals surface area contributed by atoms with Crippen LogP contribution in [-0.4, -0.2) is 4.98 Å². The van der Waals surface area contributed by atoms with Crippen molar-refractivity contribution in [1.29, 1.82) is 0 Å². The average Bonchev–Trinajstić information content (AvgIpc) is 2.72. The number of benzene rings is 1. The summed E-state index contributed by atoms with van der Waals surface area (Å²) in [7, 11) is 0. The Labute approximate surface area is 82.6 Å². The maximum Gasteiger partial charge on any atom is 0.180 e. The van der Waals surface area contributed by atoms with Crippen LogP contribution in [0.3, 0.4) is 0 Å². The van der Waals surface area contributed by atoms with E-state index < -0.39 is 0 Å². The molecule has 2 aromatic rings. The van der Waals surface area contributed by atoms with E-state index >= 15 is 0 Å². The van der Waals surface area contributed by atoms with Crippen LogP contribution in [0.15, 0.2) is 47.3 Å². The van der Waals surface area contributed by atoms with Gasteiger partial charge in [0.1, 0.15) is 5.76 Å². The number of hydrogen-bond acceptors (Lipinski definition) is 3. The van der Waals surface area contributed by atoms with E-state index in [1.165, 1.54) is 12.0 Å². The maximum atomic E-state index is 5.94. The summed E-state index contributed by atoms with van der Waals surface area (Å²) in [5.74, 6) is 0.730. The van der Waals surface area contributed by atoms with Gasteiger partial charge in [-0.15, -0.1) is 0 Å². The summed E-state index contributed by atoms with van der Waals surface area (Å²) in [6.45, 7) is 0. The fourth-order valence-electron chi connectivity index (χ4n) is 1.38. The van der Waals surface area contributed by atoms with Crippen LogP contribution in [0.1, 0.15) is 17.4 Å². The molecule has 0 bridgehead atoms. The minimum atomic E-state index is -0.111. The number of rotatable bonds is 3. The lowest BCUT2D eigenvalue weighted by atomic mass is 10.1. The summed E-state index contributed by atoms with van der Waals surface area (Å²) in [6.07, 6.45) is 3.84. The van der Waals surface area contributed by atoms with Gasteiger partial charge in [-0.25, -0.2) is 4.98 Å². The third-order valence-electron chi connectivity index (χ3n) is 2.12. The van der Waals surface area contributed by atoms with Crippen LogP contribution in [0.2, 0.25) is 0 Å². The molecule has 0 aliphatic heterocycles. The molecule has 0 amide bonds. The predicted molar refractivity (Wildman–Crippen MR) is 53.6 cm³/mol. The fourth-order valence-corrected chi connectivity index (χ4v) is 1.38. The van der Waals surface area contributed by atoms with Gasteiger partial charge in [-0.1, -0.05) is 30.3 Å². The summed E-state index contributed by atoms with van der Waals surface area (Å²) in [5, 5.41) is 0. The minimum absolute atomic E-state index is 0.111. The summed E-state index contributed by atoms with van der Waals surface area (Å²) in [6, 6.07) is 9.99. The predicted octanol–water partition coefficient (Wildman–Crippen LogP) is 1.92. The van der Waals surface area contributed by atoms with Crippen LogP contribution in [0.5, 0.6) is 0 Å². The van der Waals surface area contributed by atoms with Gasteiger partial charge in [-0.2, -0.15) is 0 Å². The van der Waals surface area contributed by atoms with Crippen molar-refractivity contribution in [1.82, 2.24) is 4.98 Å². The molecule has 14 heavy (non-hydrogen) atoms. The SMILES string of the molecule is NC(Cc1ccccc1)c1cnco1. The molecule has 3 nitrogen and oxygen atoms in total. The van der Waals surface area contributed by atoms with Crippen molar-refractivity contribution in [2.75, 3.05) is 0 Å². The van der Waals surface area contributed by atoms with Gasteiger partial charge in [0.05, 0.1) is 12.2 Å². The van der Waals surface area contributed by atoms with E-state index in [4.69, 9.17) is 10.2 Å². The highest BCUT2D eigenvalue weighted by Crippen LogP contribution is 2.14. The third-order valence-corrected chi connectivity index (χ3v) is 2.12. The Balaban J connectivity index is 2.06. The first-order chi connectivity index (χ1) is 6.86. The minimum Gasteiger partial charge on any atom is -0.447 e. The second-order valence-electron chi connectivity index (χ2n) is 3.20. The molecule has 0 fully saturated rings. The molecular weight excluding hydrogens is 176 g/mol. The maximum absolute atomic E-state index is 5.94. The first kappa shape index (κ1) is 8.97. The molecule has 2 rings (SSSR count). The molecule has 1 aromatic heterocycles. The van der Waals surface area contributed by atoms with Crippen molar-refractivity contribution >= 4 is 0 Å². The Morgan fingerprint density at radius 2 is 2.07 bits per heavy atom. The topological polar surface area (TPSA) is 52.0 Å². The monoisotopic (exact) mass is 188 g/mol. The zero-order valence-electron chi connectivity index (χ0n) is 7.76. The van der Waals surface area contributed by atoms with Crippen LogP contribution in [-0.2, 0) is 6.42 Å². The molecule has 1 atom stereocenters. The standard InChI is InChI=1S/C11H12N2O/c12-10(11-7-13-8-14-11)6-9-4-2-1-3-5-9/h1-5,7-8,10H,6,12H2. The van der Waals surface area contributed by atoms with E-state index in [0.29, 0.717) is 0 Å². The molecule has 0 saturated carbocycles. The molecule has 0 radical (unpaired) electrons. The highest BCUT2D eigenvalue weighted by Gasteiger charge is 2.09. The third kappa shape index (κ3) is 2.00. The molecule has 2 N–H and O–H groups in total. The Kier molecular flexibility index (Phi) is 2.60. The van der Waals surface area contributed by atoms with Gasteiger partial charge in [-0.05, 0) is 12.0 Å². The van der Waals surface area contributed by atoms with Gasteiger partial charge < -0.3 is 10.2 Å². The lowest BCUT2D eigenvalue weighted by Crippen LogP contribution is -2.12. The second kappa shape index (κ2) is 4.07. The average molecular weight is 188 g/mol. The molecule has 3 heteroatoms. The van der Waals surface area contributed by atoms with E-state index in [9.17, 15) is 0 Å². The Hall–Kier alpha value is -1.61. The smallest absolute Gasteiger partial charge is 0.180 e. The van der Waals surface area contributed by atoms with Gasteiger partial charge in [0, 0.05) is 0 Å². The lowest BCUT2D eigenvalue weighted by Gasteiger charge is -2.07. The molecule has 0 aliphatic carbocycles. The van der Waals surface area contributed by atoms with Gasteiger partial charge >= 0.3 is 0 Å². The number of nitrogens with zero attached hydrogens (tertiary/aromatic N) is 1. The summed E-state index contributed by atoms with van der Waals surface area (Å²) in [4.78, 5) is 3.84. The van der Waals surface area contributed by atoms with Crippen molar-refractivity contribution in [3.63, 3.8) is 0 Å². The second-order valence-corrected chi connectivity index (χ2v) is 3.20. The molecule has 72 valence electrons. The molecule has 1 unspecified atom stereocenters. The van der Waals surface area contributed by atoms with Crippen LogP contribution >= 0.6 is 0 Å². The molecule has 1 aromatic carbocycles. The zero-order valence-corrected chi connectivity index (χ0v) is 7.76. The Bertz CT molecular complexity index is 369. The number of nitrogens with two attached hydrogens (primary N) is 1. The highest BCUT2D eigenvalue weighted by molar-refractivity contribution is 5.17. The van der Waals surface area contributed by atoms with Crippen molar-refractivity contribution in [2.45, 2.75) is 12.5 Å². The molecular formula is C11H12N2O. The van der Waals surface area contributed by atoms with E-state index in [2.05, 4.69) is 17.1 Å². The summed E-state index contributed by atoms with van der Waals surface area (Å²) in [5.41, 5.74) is 7.14. The van der Waals surface area contributed by atoms with Crippen molar-refractivity contribution in [2.24, 2.45) is 5.73 Å². The molecule has 0 aliphatic rings. The van der Waals surface area contributed by atoms with E-state index in [1.54, 1.807) is 6.20 Å². The quantitative estimate of drug-likeness (QED) is 0.800. The highest BCUT2D eigenvalue weighted by atomic mass is 16.3. The first-order valence-corrected chi connectivity index (χ1v) is 4.54. The van der Waals surface area contributed by atoms with E-state index in [1.807, 2.05) is 18.2 Å². The van der Waals surface area contributed by atoms with E-state index in [0.717, 1.165) is 12.2 Å². The molecule has 1 heterocycles. The zero-order chi connectivity index (χ0) is 9.80. The summed E-state index contributed by atoms with van der Waals surface area (Å²) >= 11 is 0. The molecule has 0 saturated heterocycles. The first-order valence-electron chi connectivity index (χ1n) is 4.54. The van der Waals surface area contributed by atoms with Crippen molar-refractivity contribution in [3.8, 4) is 0 Å². The summed E-state index contributed by atoms with van der Waals surface area (Å²) < 4.78 is 5.13. The van der Waals surface area contributed by atoms with Gasteiger partial charge in [-0.3, -0.25) is 0 Å². The fraction of sp³-hybridized carbons (Fsp3) is 0.182. The van der Waals surface area contributed by atoms with Crippen molar-refractivity contribution in [3.05, 3.63) is 54.2 Å². The van der Waals surface area contributed by atoms with Gasteiger partial charge in [0.2, 0.25) is 0 Å². The van der Waals surface area contributed by atoms with Crippen LogP contribution in [0, 0.1) is 0 Å². The Morgan fingerprint density at radius 1 is 1.29 bits per heavy atom. The van der Waals surface area contributed by atoms with Gasteiger partial charge in [0.15, 0.2) is 6.39 Å². The van der Waals surface area contributed by atoms with E-state index in [-0.39, 0.29) is 6.04 Å². The molecule has 0 spiro atoms. The lowest BCUT2D eigenvalue weighted by molar-refractivity contribution is 0.461. The largest absolute Gasteiger partial charge is 0.447 e. The van der Waals surface area contributed by atoms with Gasteiger partial charge in [0.25, 0.3) is 0 Å². The Morgan fingerprint density at radius 3 is 2.71 bits per heavy atom. The van der Waals surface area contributed by atoms with Crippen LogP contribution in [0.4, 0.5) is 0 Å². The van der Waals surface area contributed by atoms with Crippen molar-refractivity contribution < 1.29 is 4.42 Å². The van der Waals surface area contributed by atoms with Crippen LogP contribution < -0.4 is 5.73 Å².